The van der Waals surface area contributed by atoms with Gasteiger partial charge in [0.15, 0.2) is 23.1 Å². The second-order valence-corrected chi connectivity index (χ2v) is 45.3. The number of hydrogen-bond donors (Lipinski definition) is 6. The summed E-state index contributed by atoms with van der Waals surface area (Å²) < 4.78 is 0. The summed E-state index contributed by atoms with van der Waals surface area (Å²) in [5.74, 6) is -3.33. The lowest BCUT2D eigenvalue weighted by molar-refractivity contribution is -0.143. The molecule has 35 heteroatoms. The van der Waals surface area contributed by atoms with Crippen LogP contribution in [0.15, 0.2) is 180 Å². The predicted octanol–water partition coefficient (Wildman–Crippen LogP) is 16.4. The average Bonchev–Trinajstić information content (AvgIpc) is 1.63. The number of aromatic nitrogens is 5. The molecule has 17 rings (SSSR count). The number of likely N-dealkylation sites (tertiary alicyclic amines) is 4. The molecule has 29 nitrogen and oxygen atoms in total. The van der Waals surface area contributed by atoms with E-state index in [9.17, 15) is 78.0 Å². The van der Waals surface area contributed by atoms with E-state index in [-0.39, 0.29) is 172 Å². The summed E-state index contributed by atoms with van der Waals surface area (Å²) >= 11 is 18.9. The maximum Gasteiger partial charge on any atom is 0.270 e. The van der Waals surface area contributed by atoms with Gasteiger partial charge in [-0.2, -0.15) is 0 Å². The number of aryl methyl sites for hydroxylation is 8. The van der Waals surface area contributed by atoms with Crippen LogP contribution in [-0.4, -0.2) is 244 Å². The van der Waals surface area contributed by atoms with Crippen LogP contribution >= 0.6 is 68.5 Å². The lowest BCUT2D eigenvalue weighted by Crippen LogP contribution is -2.56. The normalized spacial score (nSPS) is 19.2. The van der Waals surface area contributed by atoms with Crippen LogP contribution in [-0.2, 0) is 81.9 Å². The summed E-state index contributed by atoms with van der Waals surface area (Å²) in [5, 5.41) is 47.9. The van der Waals surface area contributed by atoms with Crippen LogP contribution < -0.4 is 10.6 Å². The van der Waals surface area contributed by atoms with Crippen molar-refractivity contribution in [3.8, 4) is 41.8 Å². The van der Waals surface area contributed by atoms with Crippen molar-refractivity contribution in [2.45, 2.75) is 260 Å². The third kappa shape index (κ3) is 26.8. The van der Waals surface area contributed by atoms with Crippen LogP contribution in [0.2, 0.25) is 10.0 Å². The fourth-order valence-corrected chi connectivity index (χ4v) is 23.8. The number of thiazole rings is 4. The number of benzene rings is 6. The fraction of sp³-hybridized carbons (Fsp3) is 0.425. The van der Waals surface area contributed by atoms with E-state index in [2.05, 4.69) is 35.6 Å². The molecule has 5 aromatic heterocycles. The standard InChI is InChI=1S/2C30H32ClN3O4S.C29H34N4O4S.C24H31N3O4S/c1-17(2)27(34-14-21-9-10-22(31)12-24(21)29(34)37)30(38)33-15-23(35)13-25(33)26(36)11-6-19-4-7-20(8-5-19)28-18(3)32-16-39-28;1-17(2)27(34-15-23-22(29(34)37)5-4-6-24(23)31)30(38)33-14-21(35)13-25(33)26(36)12-9-19-7-10-20(11-8-19)28-18(3)32-16-39-28;1-18-25(38-17-31-18)20-11-8-19(9-12-20)10-13-24(35)23-15-21(34)16-33(23)28(37)26(29(2,3)4)32-27(36)22-7-5-6-14-30-22;1-14(2)22(26-16(4)28)24(31)27-12-19(29)11-20(27)21(30)10-7-17-5-8-18(9-6-17)23-15(3)25-13-32-23/h4-5,7-10,12,16-17,23,25,27,35H,6,11,13-15H2,1-3H3;4-8,10-11,16-17,21,25,27,35H,9,12-15H2,1-3H3;5-9,11-12,14,17,21,23,26,34H,10,13,15-16H2,1-4H3,(H,32,36);5-6,8-9,13-14,19-20,22,29H,7,10-12H2,1-4H3,(H,26,28)/t23-,25+,27+;21-,25+,27+;21-,23+,26-;19-,20+,22+/m1111/s1. The lowest BCUT2D eigenvalue weighted by Gasteiger charge is -2.35. The van der Waals surface area contributed by atoms with Gasteiger partial charge in [0, 0.05) is 130 Å². The maximum absolute atomic E-state index is 13.9. The van der Waals surface area contributed by atoms with Gasteiger partial charge in [-0.1, -0.05) is 201 Å². The first-order valence-corrected chi connectivity index (χ1v) is 54.5. The van der Waals surface area contributed by atoms with E-state index in [4.69, 9.17) is 23.2 Å². The smallest absolute Gasteiger partial charge is 0.270 e. The van der Waals surface area contributed by atoms with Gasteiger partial charge < -0.3 is 60.5 Å². The number of fused-ring (bicyclic) bond motifs is 2. The Morgan fingerprint density at radius 2 is 0.764 bits per heavy atom. The molecule has 6 aliphatic rings. The molecule has 6 aromatic carbocycles. The SMILES string of the molecule is CC(=O)N[C@H](C(=O)N1C[C@H](O)C[C@H]1C(=O)CCc1ccc(-c2scnc2C)cc1)C(C)C.Cc1ncsc1-c1ccc(CCC(=O)[C@@H]2C[C@@H](O)CN2C(=O)[C@@H](NC(=O)c2ccccn2)C(C)(C)C)cc1.Cc1ncsc1-c1ccc(CCC(=O)[C@@H]2C[C@@H](O)CN2C(=O)[C@H](C(C)C)N2Cc3c(Cl)cccc3C2=O)cc1.Cc1ncsc1-c1ccc(CCC(=O)[C@@H]2C[C@@H](O)CN2C(=O)[C@H](C(C)C)N2Cc3ccc(Cl)cc3C2=O)cc1. The number of hydrogen-bond acceptors (Lipinski definition) is 25. The number of carbonyl (C=O) groups excluding carboxylic acids is 12. The second kappa shape index (κ2) is 49.5. The highest BCUT2D eigenvalue weighted by molar-refractivity contribution is 7.14. The molecule has 11 heterocycles. The van der Waals surface area contributed by atoms with Gasteiger partial charge in [0.05, 0.1) is 113 Å². The molecule has 4 fully saturated rings. The second-order valence-electron chi connectivity index (χ2n) is 41.0. The number of aliphatic hydroxyl groups is 4. The third-order valence-electron chi connectivity index (χ3n) is 28.1. The predicted molar refractivity (Wildman–Crippen MR) is 574 cm³/mol. The van der Waals surface area contributed by atoms with E-state index in [1.807, 2.05) is 215 Å². The van der Waals surface area contributed by atoms with E-state index in [1.165, 1.54) is 32.7 Å². The number of halogens is 2. The van der Waals surface area contributed by atoms with Crippen LogP contribution in [0.5, 0.6) is 0 Å². The Morgan fingerprint density at radius 1 is 0.412 bits per heavy atom. The molecule has 0 unspecified atom stereocenters. The Hall–Kier alpha value is -12.2. The van der Waals surface area contributed by atoms with Gasteiger partial charge in [0.2, 0.25) is 29.5 Å². The molecule has 0 spiro atoms. The molecular weight excluding hydrogens is 1990 g/mol. The van der Waals surface area contributed by atoms with Crippen molar-refractivity contribution < 1.29 is 78.0 Å². The third-order valence-corrected chi connectivity index (χ3v) is 32.6. The zero-order valence-electron chi connectivity index (χ0n) is 85.7. The van der Waals surface area contributed by atoms with E-state index < -0.39 is 84.1 Å². The molecule has 6 aliphatic heterocycles. The molecule has 4 saturated heterocycles. The first-order valence-electron chi connectivity index (χ1n) is 50.2. The van der Waals surface area contributed by atoms with E-state index in [0.29, 0.717) is 59.0 Å². The minimum atomic E-state index is -0.889. The number of pyridine rings is 1. The monoisotopic (exact) mass is 2120 g/mol. The Morgan fingerprint density at radius 3 is 1.08 bits per heavy atom. The number of β-amino-alcohol motifs (C(OH)–C–C–N with tert-alkyl or cyclic N) is 4. The summed E-state index contributed by atoms with van der Waals surface area (Å²) in [4.78, 5) is 193. The van der Waals surface area contributed by atoms with Crippen LogP contribution in [0, 0.1) is 50.9 Å². The Balaban J connectivity index is 0.000000156. The van der Waals surface area contributed by atoms with Crippen LogP contribution in [0.1, 0.15) is 208 Å². The number of amides is 8. The van der Waals surface area contributed by atoms with Crippen molar-refractivity contribution in [1.82, 2.24) is 65.0 Å². The number of carbonyl (C=O) groups is 12. The topological polar surface area (TPSA) is 394 Å². The summed E-state index contributed by atoms with van der Waals surface area (Å²) in [6.07, 6.45) is 2.53. The number of rotatable bonds is 32. The number of ketones is 4. The van der Waals surface area contributed by atoms with Crippen molar-refractivity contribution in [3.05, 3.63) is 263 Å². The number of nitrogens with one attached hydrogen (secondary N) is 2. The fourth-order valence-electron chi connectivity index (χ4n) is 20.2. The summed E-state index contributed by atoms with van der Waals surface area (Å²) in [6, 6.07) is 41.9. The summed E-state index contributed by atoms with van der Waals surface area (Å²) in [6.45, 7) is 27.0. The zero-order chi connectivity index (χ0) is 107. The van der Waals surface area contributed by atoms with Gasteiger partial charge in [-0.05, 0) is 163 Å². The Labute approximate surface area is 889 Å². The van der Waals surface area contributed by atoms with E-state index in [1.54, 1.807) is 104 Å². The quantitative estimate of drug-likeness (QED) is 0.0228. The van der Waals surface area contributed by atoms with Crippen molar-refractivity contribution in [2.24, 2.45) is 23.2 Å². The molecular formula is C113H129Cl2N13O16S4. The molecule has 11 aromatic rings. The summed E-state index contributed by atoms with van der Waals surface area (Å²) in [5.41, 5.74) is 22.0. The van der Waals surface area contributed by atoms with Crippen LogP contribution in [0.4, 0.5) is 0 Å². The van der Waals surface area contributed by atoms with Crippen molar-refractivity contribution in [1.29, 1.82) is 0 Å². The maximum atomic E-state index is 13.9. The molecule has 12 atom stereocenters. The van der Waals surface area contributed by atoms with Crippen molar-refractivity contribution in [3.63, 3.8) is 0 Å². The van der Waals surface area contributed by atoms with Gasteiger partial charge in [-0.25, -0.2) is 19.9 Å². The minimum Gasteiger partial charge on any atom is -0.391 e. The average molecular weight is 2120 g/mol. The van der Waals surface area contributed by atoms with Gasteiger partial charge >= 0.3 is 0 Å². The van der Waals surface area contributed by atoms with Gasteiger partial charge in [-0.15, -0.1) is 45.3 Å². The Kier molecular flexibility index (Phi) is 37.3. The molecule has 148 heavy (non-hydrogen) atoms. The zero-order valence-corrected chi connectivity index (χ0v) is 90.5. The van der Waals surface area contributed by atoms with Crippen LogP contribution in [0.3, 0.4) is 0 Å². The highest BCUT2D eigenvalue weighted by atomic mass is 35.5. The molecule has 780 valence electrons. The molecule has 0 saturated carbocycles. The number of aliphatic hydroxyl groups excluding tert-OH is 4. The van der Waals surface area contributed by atoms with Crippen molar-refractivity contribution in [2.75, 3.05) is 26.2 Å². The first-order chi connectivity index (χ1) is 70.5. The van der Waals surface area contributed by atoms with Crippen LogP contribution in [0.25, 0.3) is 41.8 Å². The molecule has 6 N–H and O–H groups in total. The van der Waals surface area contributed by atoms with Gasteiger partial charge in [-0.3, -0.25) is 62.5 Å². The minimum absolute atomic E-state index is 0.0597. The van der Waals surface area contributed by atoms with E-state index in [0.717, 1.165) is 92.4 Å². The molecule has 0 bridgehead atoms. The van der Waals surface area contributed by atoms with Gasteiger partial charge in [0.25, 0.3) is 17.7 Å². The van der Waals surface area contributed by atoms with Gasteiger partial charge in [0.1, 0.15) is 29.9 Å². The molecule has 0 radical (unpaired) electrons. The molecule has 0 aliphatic carbocycles. The highest BCUT2D eigenvalue weighted by Gasteiger charge is 2.50. The van der Waals surface area contributed by atoms with Crippen molar-refractivity contribution >= 4 is 139 Å². The number of Topliss-reactive ketones (excluding diaryl/α,β-unsaturated/α-hetero) is 4. The molecule has 8 amide bonds. The highest BCUT2D eigenvalue weighted by Crippen LogP contribution is 2.40. The summed E-state index contributed by atoms with van der Waals surface area (Å²) in [7, 11) is 0. The largest absolute Gasteiger partial charge is 0.391 e. The lowest BCUT2D eigenvalue weighted by atomic mass is 9.85. The van der Waals surface area contributed by atoms with E-state index >= 15 is 0 Å². The Bertz CT molecular complexity index is 6620. The number of nitrogens with zero attached hydrogens (tertiary/aromatic N) is 11. The first kappa shape index (κ1) is 111.